The van der Waals surface area contributed by atoms with Crippen LogP contribution in [0.15, 0.2) is 24.3 Å². The van der Waals surface area contributed by atoms with Gasteiger partial charge in [-0.1, -0.05) is 0 Å². The largest absolute Gasteiger partial charge is 0.506 e. The van der Waals surface area contributed by atoms with Crippen molar-refractivity contribution < 1.29 is 24.4 Å². The number of piperidine rings is 1. The van der Waals surface area contributed by atoms with Gasteiger partial charge in [0.15, 0.2) is 0 Å². The highest BCUT2D eigenvalue weighted by molar-refractivity contribution is 6.59. The third-order valence-corrected chi connectivity index (χ3v) is 4.56. The van der Waals surface area contributed by atoms with Gasteiger partial charge in [-0.3, -0.25) is 9.36 Å². The maximum atomic E-state index is 12.7. The van der Waals surface area contributed by atoms with Crippen LogP contribution in [0.5, 0.6) is 0 Å². The van der Waals surface area contributed by atoms with Gasteiger partial charge in [0.25, 0.3) is 5.91 Å². The van der Waals surface area contributed by atoms with E-state index in [1.807, 2.05) is 4.90 Å². The zero-order chi connectivity index (χ0) is 19.8. The number of aromatic nitrogens is 1. The Kier molecular flexibility index (Phi) is 5.30. The summed E-state index contributed by atoms with van der Waals surface area (Å²) >= 11 is 0. The predicted molar refractivity (Wildman–Crippen MR) is 103 cm³/mol. The highest BCUT2D eigenvalue weighted by Gasteiger charge is 2.28. The quantitative estimate of drug-likeness (QED) is 0.784. The number of rotatable bonds is 2. The normalized spacial score (nSPS) is 15.1. The van der Waals surface area contributed by atoms with E-state index in [1.54, 1.807) is 39.0 Å². The third kappa shape index (κ3) is 4.17. The lowest BCUT2D eigenvalue weighted by molar-refractivity contribution is 0.0547. The fourth-order valence-electron chi connectivity index (χ4n) is 3.35. The van der Waals surface area contributed by atoms with E-state index in [0.29, 0.717) is 16.5 Å². The summed E-state index contributed by atoms with van der Waals surface area (Å²) in [6.45, 7) is 6.70. The SMILES string of the molecule is CC(C)(C)OC(=O)n1c(B(O)O)cc2cc(C(=O)N3CCCCC3)ccc21. The molecular formula is C19H25BN2O5. The van der Waals surface area contributed by atoms with Crippen molar-refractivity contribution in [2.75, 3.05) is 13.1 Å². The number of amides is 1. The van der Waals surface area contributed by atoms with Gasteiger partial charge in [-0.2, -0.15) is 0 Å². The summed E-state index contributed by atoms with van der Waals surface area (Å²) in [4.78, 5) is 27.1. The minimum atomic E-state index is -1.84. The summed E-state index contributed by atoms with van der Waals surface area (Å²) in [6, 6.07) is 6.48. The molecule has 1 saturated heterocycles. The fraction of sp³-hybridized carbons (Fsp3) is 0.474. The van der Waals surface area contributed by atoms with Gasteiger partial charge in [0, 0.05) is 24.0 Å². The Morgan fingerprint density at radius 2 is 1.74 bits per heavy atom. The van der Waals surface area contributed by atoms with Gasteiger partial charge in [0.2, 0.25) is 0 Å². The molecule has 1 fully saturated rings. The van der Waals surface area contributed by atoms with Crippen LogP contribution >= 0.6 is 0 Å². The summed E-state index contributed by atoms with van der Waals surface area (Å²) in [5.41, 5.74) is 0.254. The molecule has 0 spiro atoms. The summed E-state index contributed by atoms with van der Waals surface area (Å²) in [6.07, 6.45) is 2.45. The average molecular weight is 372 g/mol. The Labute approximate surface area is 158 Å². The van der Waals surface area contributed by atoms with E-state index < -0.39 is 18.8 Å². The number of likely N-dealkylation sites (tertiary alicyclic amines) is 1. The van der Waals surface area contributed by atoms with Crippen LogP contribution in [0, 0.1) is 0 Å². The van der Waals surface area contributed by atoms with Crippen molar-refractivity contribution in [2.45, 2.75) is 45.6 Å². The Balaban J connectivity index is 2.00. The van der Waals surface area contributed by atoms with Gasteiger partial charge in [-0.05, 0) is 64.3 Å². The summed E-state index contributed by atoms with van der Waals surface area (Å²) in [7, 11) is -1.84. The molecular weight excluding hydrogens is 347 g/mol. The van der Waals surface area contributed by atoms with Gasteiger partial charge >= 0.3 is 13.2 Å². The zero-order valence-electron chi connectivity index (χ0n) is 15.9. The lowest BCUT2D eigenvalue weighted by Crippen LogP contribution is -2.41. The topological polar surface area (TPSA) is 92.0 Å². The number of carbonyl (C=O) groups is 2. The molecule has 1 amide bonds. The third-order valence-electron chi connectivity index (χ3n) is 4.56. The van der Waals surface area contributed by atoms with Gasteiger partial charge in [0.05, 0.1) is 11.1 Å². The van der Waals surface area contributed by atoms with Crippen LogP contribution in [0.1, 0.15) is 50.4 Å². The van der Waals surface area contributed by atoms with Crippen molar-refractivity contribution >= 4 is 35.6 Å². The van der Waals surface area contributed by atoms with E-state index in [-0.39, 0.29) is 11.5 Å². The summed E-state index contributed by atoms with van der Waals surface area (Å²) in [5, 5.41) is 19.9. The minimum Gasteiger partial charge on any atom is -0.443 e. The molecule has 8 heteroatoms. The highest BCUT2D eigenvalue weighted by Crippen LogP contribution is 2.21. The molecule has 3 rings (SSSR count). The predicted octanol–water partition coefficient (Wildman–Crippen LogP) is 1.73. The van der Waals surface area contributed by atoms with E-state index in [0.717, 1.165) is 36.9 Å². The molecule has 2 N–H and O–H groups in total. The molecule has 0 saturated carbocycles. The Morgan fingerprint density at radius 1 is 1.07 bits per heavy atom. The van der Waals surface area contributed by atoms with E-state index in [4.69, 9.17) is 4.74 Å². The van der Waals surface area contributed by atoms with Crippen molar-refractivity contribution in [2.24, 2.45) is 0 Å². The van der Waals surface area contributed by atoms with Gasteiger partial charge in [-0.15, -0.1) is 0 Å². The molecule has 1 aromatic heterocycles. The number of fused-ring (bicyclic) bond motifs is 1. The van der Waals surface area contributed by atoms with E-state index in [2.05, 4.69) is 0 Å². The number of carbonyl (C=O) groups excluding carboxylic acids is 2. The molecule has 1 aliphatic heterocycles. The number of ether oxygens (including phenoxy) is 1. The second-order valence-electron chi connectivity index (χ2n) is 7.89. The Morgan fingerprint density at radius 3 is 2.33 bits per heavy atom. The lowest BCUT2D eigenvalue weighted by Gasteiger charge is -2.26. The minimum absolute atomic E-state index is 0.00169. The van der Waals surface area contributed by atoms with Crippen molar-refractivity contribution in [1.82, 2.24) is 9.47 Å². The second kappa shape index (κ2) is 7.36. The Hall–Kier alpha value is -2.32. The van der Waals surface area contributed by atoms with Crippen LogP contribution in [-0.2, 0) is 4.74 Å². The molecule has 0 radical (unpaired) electrons. The molecule has 1 aliphatic rings. The number of hydrogen-bond donors (Lipinski definition) is 2. The Bertz CT molecular complexity index is 863. The number of benzene rings is 1. The van der Waals surface area contributed by atoms with Crippen LogP contribution in [0.3, 0.4) is 0 Å². The van der Waals surface area contributed by atoms with Crippen LogP contribution < -0.4 is 5.59 Å². The first-order valence-electron chi connectivity index (χ1n) is 9.21. The molecule has 2 heterocycles. The standard InChI is InChI=1S/C19H25BN2O5/c1-19(2,3)27-18(24)22-15-8-7-13(11-14(15)12-16(22)20(25)26)17(23)21-9-5-4-6-10-21/h7-8,11-12,25-26H,4-6,9-10H2,1-3H3. The molecule has 0 bridgehead atoms. The fourth-order valence-corrected chi connectivity index (χ4v) is 3.35. The van der Waals surface area contributed by atoms with E-state index in [1.165, 1.54) is 6.07 Å². The monoisotopic (exact) mass is 372 g/mol. The van der Waals surface area contributed by atoms with Gasteiger partial charge in [0.1, 0.15) is 5.60 Å². The van der Waals surface area contributed by atoms with Crippen LogP contribution in [0.2, 0.25) is 0 Å². The molecule has 144 valence electrons. The number of nitrogens with zero attached hydrogens (tertiary/aromatic N) is 2. The van der Waals surface area contributed by atoms with Crippen LogP contribution in [-0.4, -0.2) is 57.3 Å². The van der Waals surface area contributed by atoms with Crippen LogP contribution in [0.4, 0.5) is 4.79 Å². The first-order chi connectivity index (χ1) is 12.7. The van der Waals surface area contributed by atoms with Gasteiger partial charge in [-0.25, -0.2) is 4.79 Å². The van der Waals surface area contributed by atoms with E-state index in [9.17, 15) is 19.6 Å². The van der Waals surface area contributed by atoms with Crippen molar-refractivity contribution in [3.63, 3.8) is 0 Å². The highest BCUT2D eigenvalue weighted by atomic mass is 16.6. The molecule has 7 nitrogen and oxygen atoms in total. The summed E-state index contributed by atoms with van der Waals surface area (Å²) < 4.78 is 6.52. The molecule has 0 aliphatic carbocycles. The van der Waals surface area contributed by atoms with Crippen molar-refractivity contribution in [3.05, 3.63) is 29.8 Å². The van der Waals surface area contributed by atoms with Gasteiger partial charge < -0.3 is 19.7 Å². The maximum absolute atomic E-state index is 12.7. The first-order valence-corrected chi connectivity index (χ1v) is 9.21. The molecule has 1 aromatic carbocycles. The van der Waals surface area contributed by atoms with E-state index >= 15 is 0 Å². The summed E-state index contributed by atoms with van der Waals surface area (Å²) in [5.74, 6) is -0.0484. The first kappa shape index (κ1) is 19.4. The average Bonchev–Trinajstić information content (AvgIpc) is 2.99. The molecule has 2 aromatic rings. The maximum Gasteiger partial charge on any atom is 0.506 e. The van der Waals surface area contributed by atoms with Crippen molar-refractivity contribution in [3.8, 4) is 0 Å². The zero-order valence-corrected chi connectivity index (χ0v) is 15.9. The molecule has 27 heavy (non-hydrogen) atoms. The smallest absolute Gasteiger partial charge is 0.443 e. The molecule has 0 unspecified atom stereocenters. The van der Waals surface area contributed by atoms with Crippen molar-refractivity contribution in [1.29, 1.82) is 0 Å². The van der Waals surface area contributed by atoms with Crippen LogP contribution in [0.25, 0.3) is 10.9 Å². The lowest BCUT2D eigenvalue weighted by atomic mass is 9.86. The molecule has 0 atom stereocenters. The number of hydrogen-bond acceptors (Lipinski definition) is 5. The second-order valence-corrected chi connectivity index (χ2v) is 7.89.